The summed E-state index contributed by atoms with van der Waals surface area (Å²) in [5.74, 6) is 0.145. The first kappa shape index (κ1) is 17.4. The molecule has 1 aliphatic heterocycles. The van der Waals surface area contributed by atoms with E-state index in [2.05, 4.69) is 20.8 Å². The maximum atomic E-state index is 12.6. The predicted octanol–water partition coefficient (Wildman–Crippen LogP) is 3.69. The normalized spacial score (nSPS) is 35.6. The Labute approximate surface area is 144 Å². The van der Waals surface area contributed by atoms with Gasteiger partial charge in [-0.15, -0.1) is 0 Å². The maximum absolute atomic E-state index is 12.6. The van der Waals surface area contributed by atoms with Crippen LogP contribution >= 0.6 is 0 Å². The molecule has 3 aliphatic rings. The molecular weight excluding hydrogens is 304 g/mol. The van der Waals surface area contributed by atoms with Crippen molar-refractivity contribution in [3.8, 4) is 0 Å². The minimum absolute atomic E-state index is 0.0364. The van der Waals surface area contributed by atoms with Crippen molar-refractivity contribution < 1.29 is 19.4 Å². The van der Waals surface area contributed by atoms with E-state index in [1.807, 2.05) is 6.92 Å². The van der Waals surface area contributed by atoms with E-state index in [-0.39, 0.29) is 16.6 Å². The second-order valence-corrected chi connectivity index (χ2v) is 8.55. The first-order chi connectivity index (χ1) is 11.1. The molecule has 0 unspecified atom stereocenters. The van der Waals surface area contributed by atoms with Crippen molar-refractivity contribution in [2.24, 2.45) is 16.7 Å². The number of allylic oxidation sites excluding steroid dienone is 2. The number of hydrogen-bond acceptors (Lipinski definition) is 4. The number of carbonyl (C=O) groups excluding carboxylic acids is 2. The van der Waals surface area contributed by atoms with Crippen molar-refractivity contribution in [1.29, 1.82) is 0 Å². The number of aliphatic hydroxyl groups is 1. The van der Waals surface area contributed by atoms with Gasteiger partial charge in [-0.2, -0.15) is 0 Å². The first-order valence-corrected chi connectivity index (χ1v) is 8.98. The molecule has 1 fully saturated rings. The summed E-state index contributed by atoms with van der Waals surface area (Å²) in [6.07, 6.45) is 5.64. The number of aliphatic hydroxyl groups excluding tert-OH is 1. The Kier molecular flexibility index (Phi) is 4.23. The summed E-state index contributed by atoms with van der Waals surface area (Å²) in [6, 6.07) is 0. The van der Waals surface area contributed by atoms with Crippen molar-refractivity contribution in [1.82, 2.24) is 0 Å². The van der Waals surface area contributed by atoms with Gasteiger partial charge < -0.3 is 9.84 Å². The lowest BCUT2D eigenvalue weighted by molar-refractivity contribution is -0.151. The molecule has 0 radical (unpaired) electrons. The molecule has 0 saturated heterocycles. The van der Waals surface area contributed by atoms with Gasteiger partial charge in [0.05, 0.1) is 0 Å². The highest BCUT2D eigenvalue weighted by atomic mass is 16.6. The van der Waals surface area contributed by atoms with Crippen LogP contribution in [0, 0.1) is 16.7 Å². The van der Waals surface area contributed by atoms with Crippen LogP contribution in [0.2, 0.25) is 0 Å². The third kappa shape index (κ3) is 2.75. The first-order valence-electron chi connectivity index (χ1n) is 8.98. The molecule has 3 atom stereocenters. The largest absolute Gasteiger partial charge is 0.429 e. The van der Waals surface area contributed by atoms with E-state index in [0.717, 1.165) is 12.0 Å². The zero-order valence-corrected chi connectivity index (χ0v) is 15.1. The van der Waals surface area contributed by atoms with Gasteiger partial charge in [0.1, 0.15) is 0 Å². The van der Waals surface area contributed by atoms with Crippen LogP contribution in [0.4, 0.5) is 0 Å². The summed E-state index contributed by atoms with van der Waals surface area (Å²) in [7, 11) is 0. The Hall–Kier alpha value is -1.42. The Morgan fingerprint density at radius 1 is 1.21 bits per heavy atom. The van der Waals surface area contributed by atoms with Crippen LogP contribution in [0.15, 0.2) is 22.8 Å². The highest BCUT2D eigenvalue weighted by Gasteiger charge is 2.51. The molecule has 1 saturated carbocycles. The van der Waals surface area contributed by atoms with Gasteiger partial charge in [-0.3, -0.25) is 4.79 Å². The van der Waals surface area contributed by atoms with Gasteiger partial charge in [-0.25, -0.2) is 4.79 Å². The molecule has 2 aliphatic carbocycles. The Bertz CT molecular complexity index is 640. The summed E-state index contributed by atoms with van der Waals surface area (Å²) < 4.78 is 4.77. The van der Waals surface area contributed by atoms with Gasteiger partial charge in [0.15, 0.2) is 5.78 Å². The third-order valence-electron chi connectivity index (χ3n) is 6.69. The molecule has 0 spiro atoms. The molecule has 0 aromatic carbocycles. The quantitative estimate of drug-likeness (QED) is 0.801. The van der Waals surface area contributed by atoms with E-state index >= 15 is 0 Å². The zero-order chi connectivity index (χ0) is 17.7. The van der Waals surface area contributed by atoms with Gasteiger partial charge in [0.25, 0.3) is 0 Å². The summed E-state index contributed by atoms with van der Waals surface area (Å²) in [5.41, 5.74) is 2.94. The maximum Gasteiger partial charge on any atom is 0.333 e. The minimum atomic E-state index is -1.12. The average molecular weight is 332 g/mol. The van der Waals surface area contributed by atoms with Gasteiger partial charge in [0.2, 0.25) is 6.29 Å². The average Bonchev–Trinajstić information content (AvgIpc) is 2.79. The predicted molar refractivity (Wildman–Crippen MR) is 91.0 cm³/mol. The summed E-state index contributed by atoms with van der Waals surface area (Å²) >= 11 is 0. The topological polar surface area (TPSA) is 63.6 Å². The molecule has 24 heavy (non-hydrogen) atoms. The summed E-state index contributed by atoms with van der Waals surface area (Å²) in [4.78, 5) is 23.9. The van der Waals surface area contributed by atoms with Crippen LogP contribution in [0.1, 0.15) is 66.2 Å². The second kappa shape index (κ2) is 5.83. The lowest BCUT2D eigenvalue weighted by Gasteiger charge is -2.54. The van der Waals surface area contributed by atoms with Crippen molar-refractivity contribution in [3.05, 3.63) is 22.8 Å². The molecular formula is C20H28O4. The van der Waals surface area contributed by atoms with Crippen LogP contribution < -0.4 is 0 Å². The lowest BCUT2D eigenvalue weighted by Crippen LogP contribution is -2.47. The van der Waals surface area contributed by atoms with E-state index in [1.54, 1.807) is 0 Å². The molecule has 0 aromatic rings. The molecule has 0 amide bonds. The Morgan fingerprint density at radius 2 is 1.92 bits per heavy atom. The Morgan fingerprint density at radius 3 is 2.54 bits per heavy atom. The lowest BCUT2D eigenvalue weighted by atomic mass is 9.49. The minimum Gasteiger partial charge on any atom is -0.429 e. The number of cyclic esters (lactones) is 1. The number of esters is 1. The second-order valence-electron chi connectivity index (χ2n) is 8.55. The molecule has 0 aromatic heterocycles. The van der Waals surface area contributed by atoms with E-state index in [4.69, 9.17) is 4.74 Å². The van der Waals surface area contributed by atoms with Crippen molar-refractivity contribution in [3.63, 3.8) is 0 Å². The van der Waals surface area contributed by atoms with E-state index < -0.39 is 12.3 Å². The van der Waals surface area contributed by atoms with Crippen molar-refractivity contribution >= 4 is 11.8 Å². The number of fused-ring (bicyclic) bond motifs is 1. The number of ketones is 1. The van der Waals surface area contributed by atoms with Gasteiger partial charge >= 0.3 is 5.97 Å². The molecule has 1 heterocycles. The fraction of sp³-hybridized carbons (Fsp3) is 0.700. The monoisotopic (exact) mass is 332 g/mol. The van der Waals surface area contributed by atoms with E-state index in [0.29, 0.717) is 30.8 Å². The fourth-order valence-corrected chi connectivity index (χ4v) is 5.30. The van der Waals surface area contributed by atoms with Crippen molar-refractivity contribution in [2.45, 2.75) is 72.5 Å². The number of carbonyl (C=O) groups is 2. The van der Waals surface area contributed by atoms with Crippen LogP contribution in [0.5, 0.6) is 0 Å². The van der Waals surface area contributed by atoms with Crippen LogP contribution in [0.3, 0.4) is 0 Å². The fourth-order valence-electron chi connectivity index (χ4n) is 5.30. The third-order valence-corrected chi connectivity index (χ3v) is 6.69. The number of rotatable bonds is 3. The summed E-state index contributed by atoms with van der Waals surface area (Å²) in [6.45, 7) is 8.83. The number of hydrogen-bond donors (Lipinski definition) is 1. The van der Waals surface area contributed by atoms with E-state index in [9.17, 15) is 14.7 Å². The highest BCUT2D eigenvalue weighted by molar-refractivity contribution is 5.97. The highest BCUT2D eigenvalue weighted by Crippen LogP contribution is 2.59. The van der Waals surface area contributed by atoms with Gasteiger partial charge in [-0.1, -0.05) is 32.8 Å². The number of ether oxygens (including phenoxy) is 1. The molecule has 4 heteroatoms. The zero-order valence-electron chi connectivity index (χ0n) is 15.1. The molecule has 132 valence electrons. The van der Waals surface area contributed by atoms with E-state index in [1.165, 1.54) is 24.5 Å². The molecule has 1 N–H and O–H groups in total. The molecule has 3 rings (SSSR count). The number of Topliss-reactive ketones (excluding diaryl/α,β-unsaturated/α-hetero) is 1. The van der Waals surface area contributed by atoms with Gasteiger partial charge in [-0.05, 0) is 54.9 Å². The van der Waals surface area contributed by atoms with Gasteiger partial charge in [0, 0.05) is 18.1 Å². The standard InChI is InChI=1S/C20H28O4/c1-12-14(7-6-13-10-17(22)24-18(13)23)20(4)9-5-8-19(2,3)16(20)11-15(12)21/h10,16,18,23H,5-9,11H2,1-4H3/t16-,18+,20+/m0/s1. The smallest absolute Gasteiger partial charge is 0.333 e. The molecule has 4 nitrogen and oxygen atoms in total. The summed E-state index contributed by atoms with van der Waals surface area (Å²) in [5, 5.41) is 9.79. The molecule has 0 bridgehead atoms. The van der Waals surface area contributed by atoms with Crippen LogP contribution in [-0.4, -0.2) is 23.1 Å². The SMILES string of the molecule is CC1=C(CCC2=CC(=O)O[C@H]2O)[C@@]2(C)CCCC(C)(C)[C@@H]2CC1=O. The Balaban J connectivity index is 1.89. The van der Waals surface area contributed by atoms with Crippen LogP contribution in [-0.2, 0) is 14.3 Å². The van der Waals surface area contributed by atoms with Crippen LogP contribution in [0.25, 0.3) is 0 Å². The van der Waals surface area contributed by atoms with Crippen molar-refractivity contribution in [2.75, 3.05) is 0 Å².